The van der Waals surface area contributed by atoms with Crippen LogP contribution in [0, 0.1) is 6.92 Å². The van der Waals surface area contributed by atoms with Gasteiger partial charge in [0.15, 0.2) is 0 Å². The third kappa shape index (κ3) is 4.69. The van der Waals surface area contributed by atoms with Gasteiger partial charge in [0.25, 0.3) is 0 Å². The van der Waals surface area contributed by atoms with Crippen LogP contribution in [-0.4, -0.2) is 28.0 Å². The highest BCUT2D eigenvalue weighted by molar-refractivity contribution is 5.44. The standard InChI is InChI=1S/C17H25N5/c1-4-10-22(11-5-2)16-12-14(3)20-17(21-16)19-13-15-8-6-7-9-18-15/h6-9,12H,4-5,10-11,13H2,1-3H3,(H,19,20,21). The Bertz CT molecular complexity index is 565. The summed E-state index contributed by atoms with van der Waals surface area (Å²) in [6, 6.07) is 7.94. The van der Waals surface area contributed by atoms with Gasteiger partial charge < -0.3 is 10.2 Å². The minimum Gasteiger partial charge on any atom is -0.356 e. The van der Waals surface area contributed by atoms with E-state index in [0.29, 0.717) is 12.5 Å². The molecule has 0 saturated heterocycles. The number of pyridine rings is 1. The first-order valence-corrected chi connectivity index (χ1v) is 7.97. The Balaban J connectivity index is 2.11. The topological polar surface area (TPSA) is 53.9 Å². The summed E-state index contributed by atoms with van der Waals surface area (Å²) in [5.74, 6) is 1.66. The summed E-state index contributed by atoms with van der Waals surface area (Å²) in [5, 5.41) is 3.27. The third-order valence-electron chi connectivity index (χ3n) is 3.31. The van der Waals surface area contributed by atoms with E-state index in [1.807, 2.05) is 25.1 Å². The SMILES string of the molecule is CCCN(CCC)c1cc(C)nc(NCc2ccccn2)n1. The first kappa shape index (κ1) is 16.2. The molecule has 0 aromatic carbocycles. The quantitative estimate of drug-likeness (QED) is 0.809. The average molecular weight is 299 g/mol. The highest BCUT2D eigenvalue weighted by atomic mass is 15.2. The van der Waals surface area contributed by atoms with Crippen LogP contribution in [0.5, 0.6) is 0 Å². The molecular formula is C17H25N5. The zero-order valence-electron chi connectivity index (χ0n) is 13.7. The van der Waals surface area contributed by atoms with E-state index in [4.69, 9.17) is 0 Å². The van der Waals surface area contributed by atoms with Gasteiger partial charge in [0.1, 0.15) is 5.82 Å². The fourth-order valence-electron chi connectivity index (χ4n) is 2.35. The number of nitrogens with one attached hydrogen (secondary N) is 1. The summed E-state index contributed by atoms with van der Waals surface area (Å²) in [6.07, 6.45) is 4.02. The van der Waals surface area contributed by atoms with Gasteiger partial charge in [0.05, 0.1) is 12.2 Å². The second-order valence-electron chi connectivity index (χ2n) is 5.35. The van der Waals surface area contributed by atoms with Gasteiger partial charge in [0, 0.05) is 31.0 Å². The number of hydrogen-bond acceptors (Lipinski definition) is 5. The monoisotopic (exact) mass is 299 g/mol. The summed E-state index contributed by atoms with van der Waals surface area (Å²) in [7, 11) is 0. The molecule has 0 radical (unpaired) electrons. The number of anilines is 2. The van der Waals surface area contributed by atoms with Crippen molar-refractivity contribution >= 4 is 11.8 Å². The van der Waals surface area contributed by atoms with Crippen molar-refractivity contribution in [3.63, 3.8) is 0 Å². The molecule has 0 unspecified atom stereocenters. The molecule has 2 aromatic rings. The summed E-state index contributed by atoms with van der Waals surface area (Å²) in [5.41, 5.74) is 1.96. The van der Waals surface area contributed by atoms with Gasteiger partial charge in [0.2, 0.25) is 5.95 Å². The second-order valence-corrected chi connectivity index (χ2v) is 5.35. The number of nitrogens with zero attached hydrogens (tertiary/aromatic N) is 4. The Hall–Kier alpha value is -2.17. The molecular weight excluding hydrogens is 274 g/mol. The van der Waals surface area contributed by atoms with Crippen molar-refractivity contribution in [1.82, 2.24) is 15.0 Å². The van der Waals surface area contributed by atoms with E-state index in [1.165, 1.54) is 0 Å². The Kier molecular flexibility index (Phi) is 6.13. The molecule has 0 aliphatic heterocycles. The molecule has 1 N–H and O–H groups in total. The van der Waals surface area contributed by atoms with Crippen LogP contribution in [0.2, 0.25) is 0 Å². The van der Waals surface area contributed by atoms with Gasteiger partial charge in [-0.3, -0.25) is 4.98 Å². The first-order chi connectivity index (χ1) is 10.7. The molecule has 118 valence electrons. The van der Waals surface area contributed by atoms with E-state index in [-0.39, 0.29) is 0 Å². The van der Waals surface area contributed by atoms with Crippen LogP contribution in [0.3, 0.4) is 0 Å². The van der Waals surface area contributed by atoms with E-state index in [9.17, 15) is 0 Å². The largest absolute Gasteiger partial charge is 0.356 e. The van der Waals surface area contributed by atoms with Gasteiger partial charge >= 0.3 is 0 Å². The average Bonchev–Trinajstić information content (AvgIpc) is 2.53. The Morgan fingerprint density at radius 1 is 1.09 bits per heavy atom. The summed E-state index contributed by atoms with van der Waals surface area (Å²) in [6.45, 7) is 9.06. The third-order valence-corrected chi connectivity index (χ3v) is 3.31. The highest BCUT2D eigenvalue weighted by Gasteiger charge is 2.09. The Morgan fingerprint density at radius 3 is 2.50 bits per heavy atom. The molecule has 2 aromatic heterocycles. The maximum Gasteiger partial charge on any atom is 0.225 e. The zero-order valence-corrected chi connectivity index (χ0v) is 13.7. The van der Waals surface area contributed by atoms with Gasteiger partial charge in [-0.1, -0.05) is 19.9 Å². The van der Waals surface area contributed by atoms with Crippen molar-refractivity contribution < 1.29 is 0 Å². The van der Waals surface area contributed by atoms with E-state index < -0.39 is 0 Å². The maximum absolute atomic E-state index is 4.66. The normalized spacial score (nSPS) is 10.5. The lowest BCUT2D eigenvalue weighted by Crippen LogP contribution is -2.26. The molecule has 0 aliphatic carbocycles. The number of rotatable bonds is 8. The maximum atomic E-state index is 4.66. The predicted molar refractivity (Wildman–Crippen MR) is 91.1 cm³/mol. The Morgan fingerprint density at radius 2 is 1.86 bits per heavy atom. The predicted octanol–water partition coefficient (Wildman–Crippen LogP) is 3.42. The Labute approximate surface area is 132 Å². The molecule has 22 heavy (non-hydrogen) atoms. The van der Waals surface area contributed by atoms with Crippen molar-refractivity contribution in [1.29, 1.82) is 0 Å². The number of aromatic nitrogens is 3. The lowest BCUT2D eigenvalue weighted by molar-refractivity contribution is 0.732. The lowest BCUT2D eigenvalue weighted by Gasteiger charge is -2.23. The fraction of sp³-hybridized carbons (Fsp3) is 0.471. The molecule has 5 heteroatoms. The molecule has 2 heterocycles. The van der Waals surface area contributed by atoms with Crippen LogP contribution < -0.4 is 10.2 Å². The van der Waals surface area contributed by atoms with Crippen LogP contribution in [0.1, 0.15) is 38.1 Å². The number of hydrogen-bond donors (Lipinski definition) is 1. The molecule has 0 spiro atoms. The fourth-order valence-corrected chi connectivity index (χ4v) is 2.35. The van der Waals surface area contributed by atoms with Crippen molar-refractivity contribution in [3.05, 3.63) is 41.9 Å². The molecule has 0 amide bonds. The molecule has 5 nitrogen and oxygen atoms in total. The molecule has 0 atom stereocenters. The number of aryl methyl sites for hydroxylation is 1. The van der Waals surface area contributed by atoms with Crippen LogP contribution in [-0.2, 0) is 6.54 Å². The molecule has 2 rings (SSSR count). The molecule has 0 bridgehead atoms. The van der Waals surface area contributed by atoms with E-state index in [0.717, 1.165) is 43.1 Å². The van der Waals surface area contributed by atoms with Gasteiger partial charge in [-0.2, -0.15) is 4.98 Å². The van der Waals surface area contributed by atoms with E-state index >= 15 is 0 Å². The van der Waals surface area contributed by atoms with E-state index in [1.54, 1.807) is 6.20 Å². The van der Waals surface area contributed by atoms with Crippen molar-refractivity contribution in [3.8, 4) is 0 Å². The minimum absolute atomic E-state index is 0.630. The van der Waals surface area contributed by atoms with Gasteiger partial charge in [-0.25, -0.2) is 4.98 Å². The summed E-state index contributed by atoms with van der Waals surface area (Å²) < 4.78 is 0. The lowest BCUT2D eigenvalue weighted by atomic mass is 10.3. The van der Waals surface area contributed by atoms with Crippen LogP contribution >= 0.6 is 0 Å². The first-order valence-electron chi connectivity index (χ1n) is 7.97. The van der Waals surface area contributed by atoms with Crippen molar-refractivity contribution in [2.45, 2.75) is 40.2 Å². The van der Waals surface area contributed by atoms with Gasteiger partial charge in [-0.15, -0.1) is 0 Å². The van der Waals surface area contributed by atoms with Crippen molar-refractivity contribution in [2.24, 2.45) is 0 Å². The highest BCUT2D eigenvalue weighted by Crippen LogP contribution is 2.16. The van der Waals surface area contributed by atoms with E-state index in [2.05, 4.69) is 45.1 Å². The minimum atomic E-state index is 0.630. The van der Waals surface area contributed by atoms with Gasteiger partial charge in [-0.05, 0) is 31.9 Å². The van der Waals surface area contributed by atoms with Crippen LogP contribution in [0.15, 0.2) is 30.5 Å². The zero-order chi connectivity index (χ0) is 15.8. The molecule has 0 saturated carbocycles. The molecule has 0 fully saturated rings. The van der Waals surface area contributed by atoms with Crippen LogP contribution in [0.4, 0.5) is 11.8 Å². The second kappa shape index (κ2) is 8.32. The van der Waals surface area contributed by atoms with Crippen LogP contribution in [0.25, 0.3) is 0 Å². The van der Waals surface area contributed by atoms with Crippen molar-refractivity contribution in [2.75, 3.05) is 23.3 Å². The molecule has 0 aliphatic rings. The summed E-state index contributed by atoms with van der Waals surface area (Å²) in [4.78, 5) is 15.8. The summed E-state index contributed by atoms with van der Waals surface area (Å²) >= 11 is 0. The smallest absolute Gasteiger partial charge is 0.225 e.